The summed E-state index contributed by atoms with van der Waals surface area (Å²) in [4.78, 5) is 0. The summed E-state index contributed by atoms with van der Waals surface area (Å²) in [6.07, 6.45) is 0. The first kappa shape index (κ1) is 10.5. The Balaban J connectivity index is 1.81. The van der Waals surface area contributed by atoms with E-state index in [1.807, 2.05) is 6.07 Å². The SMILES string of the molecule is c1ccc(NC[I-]c2ccccc2)cc1. The number of anilines is 1. The summed E-state index contributed by atoms with van der Waals surface area (Å²) in [6, 6.07) is 21.1. The van der Waals surface area contributed by atoms with Crippen molar-refractivity contribution < 1.29 is 21.2 Å². The van der Waals surface area contributed by atoms with Crippen LogP contribution < -0.4 is 26.5 Å². The first-order chi connectivity index (χ1) is 7.45. The van der Waals surface area contributed by atoms with Crippen LogP contribution in [0.1, 0.15) is 0 Å². The number of alkyl halides is 1. The fraction of sp³-hybridized carbons (Fsp3) is 0.0769. The molecule has 0 aliphatic heterocycles. The molecule has 0 aromatic heterocycles. The molecule has 2 rings (SSSR count). The molecule has 1 N–H and O–H groups in total. The van der Waals surface area contributed by atoms with Gasteiger partial charge in [0.05, 0.1) is 0 Å². The van der Waals surface area contributed by atoms with Gasteiger partial charge in [-0.15, -0.1) is 0 Å². The van der Waals surface area contributed by atoms with Gasteiger partial charge in [0.2, 0.25) is 0 Å². The Hall–Kier alpha value is -1.03. The Morgan fingerprint density at radius 2 is 1.40 bits per heavy atom. The number of nitrogens with one attached hydrogen (secondary N) is 1. The molecule has 0 amide bonds. The van der Waals surface area contributed by atoms with E-state index in [9.17, 15) is 0 Å². The Morgan fingerprint density at radius 3 is 2.07 bits per heavy atom. The molecular weight excluding hydrogens is 297 g/mol. The first-order valence-corrected chi connectivity index (χ1v) is 7.49. The van der Waals surface area contributed by atoms with Gasteiger partial charge >= 0.3 is 101 Å². The Labute approximate surface area is 101 Å². The third kappa shape index (κ3) is 3.55. The van der Waals surface area contributed by atoms with E-state index in [4.69, 9.17) is 0 Å². The molecule has 0 atom stereocenters. The summed E-state index contributed by atoms with van der Waals surface area (Å²) in [6.45, 7) is 0. The number of benzene rings is 2. The first-order valence-electron chi connectivity index (χ1n) is 4.88. The van der Waals surface area contributed by atoms with Crippen molar-refractivity contribution in [2.75, 3.05) is 9.87 Å². The molecule has 0 aliphatic carbocycles. The summed E-state index contributed by atoms with van der Waals surface area (Å²) < 4.78 is 2.58. The van der Waals surface area contributed by atoms with Crippen molar-refractivity contribution in [2.24, 2.45) is 0 Å². The van der Waals surface area contributed by atoms with Crippen LogP contribution >= 0.6 is 0 Å². The monoisotopic (exact) mass is 310 g/mol. The summed E-state index contributed by atoms with van der Waals surface area (Å²) >= 11 is 0.0898. The van der Waals surface area contributed by atoms with Crippen LogP contribution in [-0.4, -0.2) is 4.55 Å². The Morgan fingerprint density at radius 1 is 0.800 bits per heavy atom. The quantitative estimate of drug-likeness (QED) is 0.477. The minimum absolute atomic E-state index is 0.0898. The summed E-state index contributed by atoms with van der Waals surface area (Å²) in [7, 11) is 0. The third-order valence-corrected chi connectivity index (χ3v) is 4.36. The zero-order chi connectivity index (χ0) is 10.3. The fourth-order valence-electron chi connectivity index (χ4n) is 1.25. The molecule has 2 aromatic rings. The second-order valence-corrected chi connectivity index (χ2v) is 5.88. The summed E-state index contributed by atoms with van der Waals surface area (Å²) in [5.41, 5.74) is 1.22. The van der Waals surface area contributed by atoms with Crippen molar-refractivity contribution in [1.82, 2.24) is 0 Å². The van der Waals surface area contributed by atoms with Gasteiger partial charge in [-0.25, -0.2) is 0 Å². The number of para-hydroxylation sites is 1. The average molecular weight is 310 g/mol. The maximum absolute atomic E-state index is 3.44. The average Bonchev–Trinajstić information content (AvgIpc) is 2.32. The van der Waals surface area contributed by atoms with Crippen molar-refractivity contribution in [3.05, 3.63) is 64.2 Å². The molecule has 2 aromatic carbocycles. The van der Waals surface area contributed by atoms with Crippen molar-refractivity contribution in [1.29, 1.82) is 0 Å². The van der Waals surface area contributed by atoms with Gasteiger partial charge in [-0.1, -0.05) is 0 Å². The zero-order valence-corrected chi connectivity index (χ0v) is 10.5. The van der Waals surface area contributed by atoms with Crippen molar-refractivity contribution in [3.63, 3.8) is 0 Å². The van der Waals surface area contributed by atoms with E-state index in [0.717, 1.165) is 4.55 Å². The molecule has 0 unspecified atom stereocenters. The van der Waals surface area contributed by atoms with Crippen LogP contribution in [0.2, 0.25) is 0 Å². The van der Waals surface area contributed by atoms with E-state index in [1.54, 1.807) is 0 Å². The van der Waals surface area contributed by atoms with Gasteiger partial charge in [0.1, 0.15) is 0 Å². The van der Waals surface area contributed by atoms with E-state index in [2.05, 4.69) is 59.9 Å². The van der Waals surface area contributed by atoms with Crippen LogP contribution in [0.3, 0.4) is 0 Å². The molecule has 0 radical (unpaired) electrons. The van der Waals surface area contributed by atoms with E-state index < -0.39 is 0 Å². The molecular formula is C13H13IN-. The fourth-order valence-corrected chi connectivity index (χ4v) is 3.24. The van der Waals surface area contributed by atoms with Crippen molar-refractivity contribution in [3.8, 4) is 0 Å². The standard InChI is InChI=1S/C13H13IN/c1-3-7-12(8-4-1)14-11-15-13-9-5-2-6-10-13/h1-10,15H,11H2/q-1. The molecule has 0 bridgehead atoms. The van der Waals surface area contributed by atoms with Crippen LogP contribution in [0.25, 0.3) is 0 Å². The van der Waals surface area contributed by atoms with Gasteiger partial charge in [0, 0.05) is 0 Å². The van der Waals surface area contributed by atoms with Gasteiger partial charge in [-0.2, -0.15) is 0 Å². The number of hydrogen-bond donors (Lipinski definition) is 1. The number of halogens is 1. The van der Waals surface area contributed by atoms with Crippen molar-refractivity contribution >= 4 is 5.69 Å². The normalized spacial score (nSPS) is 10.1. The predicted molar refractivity (Wildman–Crippen MR) is 60.1 cm³/mol. The predicted octanol–water partition coefficient (Wildman–Crippen LogP) is 0.0148. The molecule has 1 nitrogen and oxygen atoms in total. The van der Waals surface area contributed by atoms with Crippen LogP contribution in [0.15, 0.2) is 60.7 Å². The zero-order valence-electron chi connectivity index (χ0n) is 8.36. The van der Waals surface area contributed by atoms with Gasteiger partial charge in [-0.05, 0) is 0 Å². The molecule has 15 heavy (non-hydrogen) atoms. The molecule has 0 fully saturated rings. The van der Waals surface area contributed by atoms with Crippen molar-refractivity contribution in [2.45, 2.75) is 0 Å². The second-order valence-electron chi connectivity index (χ2n) is 3.11. The summed E-state index contributed by atoms with van der Waals surface area (Å²) in [5.74, 6) is 0. The Bertz CT molecular complexity index is 346. The van der Waals surface area contributed by atoms with Gasteiger partial charge in [0.25, 0.3) is 0 Å². The molecule has 0 saturated heterocycles. The molecule has 2 heteroatoms. The molecule has 78 valence electrons. The summed E-state index contributed by atoms with van der Waals surface area (Å²) in [5, 5.41) is 3.44. The van der Waals surface area contributed by atoms with Crippen LogP contribution in [-0.2, 0) is 0 Å². The van der Waals surface area contributed by atoms with Gasteiger partial charge < -0.3 is 0 Å². The number of rotatable bonds is 4. The molecule has 0 aliphatic rings. The van der Waals surface area contributed by atoms with E-state index in [-0.39, 0.29) is 21.2 Å². The van der Waals surface area contributed by atoms with Crippen LogP contribution in [0, 0.1) is 3.57 Å². The van der Waals surface area contributed by atoms with Crippen LogP contribution in [0.4, 0.5) is 5.69 Å². The van der Waals surface area contributed by atoms with E-state index in [0.29, 0.717) is 0 Å². The maximum atomic E-state index is 3.44. The second kappa shape index (κ2) is 5.75. The topological polar surface area (TPSA) is 12.0 Å². The minimum atomic E-state index is 0.0898. The van der Waals surface area contributed by atoms with E-state index >= 15 is 0 Å². The third-order valence-electron chi connectivity index (χ3n) is 2.00. The number of hydrogen-bond acceptors (Lipinski definition) is 1. The van der Waals surface area contributed by atoms with Gasteiger partial charge in [-0.3, -0.25) is 0 Å². The Kier molecular flexibility index (Phi) is 4.02. The van der Waals surface area contributed by atoms with Gasteiger partial charge in [0.15, 0.2) is 0 Å². The van der Waals surface area contributed by atoms with E-state index in [1.165, 1.54) is 9.26 Å². The molecule has 0 spiro atoms. The molecule has 0 saturated carbocycles. The van der Waals surface area contributed by atoms with Crippen LogP contribution in [0.5, 0.6) is 0 Å². The molecule has 0 heterocycles.